The van der Waals surface area contributed by atoms with Crippen LogP contribution in [0.15, 0.2) is 71.6 Å². The fraction of sp³-hybridized carbons (Fsp3) is 0.200. The molecular formula is C20H21N3O3S. The Hall–Kier alpha value is -2.93. The number of nitrogens with zero attached hydrogens (tertiary/aromatic N) is 2. The molecule has 0 radical (unpaired) electrons. The first-order valence-corrected chi connectivity index (χ1v) is 9.93. The van der Waals surface area contributed by atoms with Crippen LogP contribution < -0.4 is 9.46 Å². The predicted molar refractivity (Wildman–Crippen MR) is 104 cm³/mol. The third kappa shape index (κ3) is 4.83. The van der Waals surface area contributed by atoms with E-state index in [2.05, 4.69) is 14.7 Å². The second-order valence-corrected chi connectivity index (χ2v) is 8.68. The minimum Gasteiger partial charge on any atom is -0.439 e. The quantitative estimate of drug-likeness (QED) is 0.708. The summed E-state index contributed by atoms with van der Waals surface area (Å²) in [5.41, 5.74) is 0.346. The molecule has 0 aliphatic rings. The lowest BCUT2D eigenvalue weighted by Crippen LogP contribution is -2.19. The second-order valence-electron chi connectivity index (χ2n) is 7.00. The molecule has 0 amide bonds. The first-order valence-electron chi connectivity index (χ1n) is 8.44. The van der Waals surface area contributed by atoms with Crippen molar-refractivity contribution in [2.24, 2.45) is 0 Å². The van der Waals surface area contributed by atoms with Crippen LogP contribution in [0.25, 0.3) is 0 Å². The van der Waals surface area contributed by atoms with Crippen LogP contribution in [0.5, 0.6) is 11.6 Å². The monoisotopic (exact) mass is 383 g/mol. The summed E-state index contributed by atoms with van der Waals surface area (Å²) in [6.07, 6.45) is 0. The Balaban J connectivity index is 1.98. The molecule has 0 bridgehead atoms. The third-order valence-electron chi connectivity index (χ3n) is 3.72. The summed E-state index contributed by atoms with van der Waals surface area (Å²) < 4.78 is 33.4. The van der Waals surface area contributed by atoms with Crippen molar-refractivity contribution in [3.8, 4) is 11.6 Å². The van der Waals surface area contributed by atoms with Crippen molar-refractivity contribution in [2.75, 3.05) is 4.72 Å². The number of aromatic nitrogens is 2. The molecule has 0 unspecified atom stereocenters. The average molecular weight is 383 g/mol. The molecule has 3 aromatic rings. The summed E-state index contributed by atoms with van der Waals surface area (Å²) in [4.78, 5) is 8.74. The van der Waals surface area contributed by atoms with E-state index in [0.717, 1.165) is 0 Å². The second kappa shape index (κ2) is 7.36. The van der Waals surface area contributed by atoms with Gasteiger partial charge in [-0.05, 0) is 24.3 Å². The first-order chi connectivity index (χ1) is 12.7. The Morgan fingerprint density at radius 3 is 2.07 bits per heavy atom. The lowest BCUT2D eigenvalue weighted by Gasteiger charge is -2.19. The smallest absolute Gasteiger partial charge is 0.264 e. The molecule has 0 atom stereocenters. The normalized spacial score (nSPS) is 11.8. The van der Waals surface area contributed by atoms with E-state index in [0.29, 0.717) is 11.4 Å². The Labute approximate surface area is 159 Å². The van der Waals surface area contributed by atoms with Gasteiger partial charge in [0.1, 0.15) is 5.75 Å². The molecule has 1 heterocycles. The molecule has 27 heavy (non-hydrogen) atoms. The summed E-state index contributed by atoms with van der Waals surface area (Å²) in [6, 6.07) is 19.0. The number of anilines is 1. The van der Waals surface area contributed by atoms with E-state index in [1.165, 1.54) is 12.1 Å². The van der Waals surface area contributed by atoms with Gasteiger partial charge in [0.15, 0.2) is 0 Å². The molecule has 0 spiro atoms. The van der Waals surface area contributed by atoms with Gasteiger partial charge in [-0.25, -0.2) is 18.1 Å². The van der Waals surface area contributed by atoms with E-state index in [4.69, 9.17) is 4.74 Å². The van der Waals surface area contributed by atoms with E-state index >= 15 is 0 Å². The zero-order chi connectivity index (χ0) is 19.5. The van der Waals surface area contributed by atoms with E-state index in [1.807, 2.05) is 39.0 Å². The topological polar surface area (TPSA) is 81.2 Å². The van der Waals surface area contributed by atoms with Gasteiger partial charge in [0.2, 0.25) is 11.8 Å². The van der Waals surface area contributed by atoms with Crippen LogP contribution in [0, 0.1) is 0 Å². The van der Waals surface area contributed by atoms with Crippen LogP contribution in [0.2, 0.25) is 0 Å². The standard InChI is InChI=1S/C20H21N3O3S/c1-20(2,3)17-14-18(26-15-10-6-4-7-11-15)22-19(21-17)23-27(24,25)16-12-8-5-9-13-16/h4-14H,1-3H3,(H,21,22,23). The zero-order valence-electron chi connectivity index (χ0n) is 15.4. The van der Waals surface area contributed by atoms with Gasteiger partial charge < -0.3 is 4.74 Å². The van der Waals surface area contributed by atoms with Crippen molar-refractivity contribution in [3.63, 3.8) is 0 Å². The molecular weight excluding hydrogens is 362 g/mol. The van der Waals surface area contributed by atoms with Gasteiger partial charge in [0.25, 0.3) is 10.0 Å². The fourth-order valence-corrected chi connectivity index (χ4v) is 3.26. The Morgan fingerprint density at radius 1 is 0.889 bits per heavy atom. The lowest BCUT2D eigenvalue weighted by molar-refractivity contribution is 0.456. The molecule has 6 nitrogen and oxygen atoms in total. The maximum atomic E-state index is 12.6. The van der Waals surface area contributed by atoms with Gasteiger partial charge in [-0.15, -0.1) is 0 Å². The number of hydrogen-bond acceptors (Lipinski definition) is 5. The minimum absolute atomic E-state index is 0.0304. The highest BCUT2D eigenvalue weighted by molar-refractivity contribution is 7.92. The van der Waals surface area contributed by atoms with Crippen LogP contribution in [0.4, 0.5) is 5.95 Å². The van der Waals surface area contributed by atoms with Crippen LogP contribution in [-0.4, -0.2) is 18.4 Å². The Morgan fingerprint density at radius 2 is 1.48 bits per heavy atom. The molecule has 1 aromatic heterocycles. The van der Waals surface area contributed by atoms with Gasteiger partial charge in [-0.1, -0.05) is 57.2 Å². The number of nitrogens with one attached hydrogen (secondary N) is 1. The molecule has 0 aliphatic heterocycles. The highest BCUT2D eigenvalue weighted by Crippen LogP contribution is 2.28. The molecule has 0 aliphatic carbocycles. The van der Waals surface area contributed by atoms with E-state index in [-0.39, 0.29) is 22.1 Å². The molecule has 0 saturated heterocycles. The number of rotatable bonds is 5. The first kappa shape index (κ1) is 18.8. The highest BCUT2D eigenvalue weighted by Gasteiger charge is 2.21. The fourth-order valence-electron chi connectivity index (χ4n) is 2.30. The maximum Gasteiger partial charge on any atom is 0.264 e. The number of para-hydroxylation sites is 1. The summed E-state index contributed by atoms with van der Waals surface area (Å²) in [5.74, 6) is 0.844. The van der Waals surface area contributed by atoms with Crippen LogP contribution in [-0.2, 0) is 15.4 Å². The van der Waals surface area contributed by atoms with Crippen molar-refractivity contribution >= 4 is 16.0 Å². The Kier molecular flexibility index (Phi) is 5.14. The average Bonchev–Trinajstić information content (AvgIpc) is 2.62. The van der Waals surface area contributed by atoms with Crippen molar-refractivity contribution in [2.45, 2.75) is 31.1 Å². The molecule has 0 fully saturated rings. The van der Waals surface area contributed by atoms with Crippen LogP contribution in [0.1, 0.15) is 26.5 Å². The van der Waals surface area contributed by atoms with Gasteiger partial charge in [0, 0.05) is 11.5 Å². The van der Waals surface area contributed by atoms with Crippen molar-refractivity contribution < 1.29 is 13.2 Å². The van der Waals surface area contributed by atoms with Crippen molar-refractivity contribution in [1.29, 1.82) is 0 Å². The summed E-state index contributed by atoms with van der Waals surface area (Å²) in [6.45, 7) is 5.95. The molecule has 7 heteroatoms. The summed E-state index contributed by atoms with van der Waals surface area (Å²) in [7, 11) is -3.80. The molecule has 1 N–H and O–H groups in total. The number of benzene rings is 2. The van der Waals surface area contributed by atoms with E-state index in [9.17, 15) is 8.42 Å². The van der Waals surface area contributed by atoms with Crippen LogP contribution >= 0.6 is 0 Å². The summed E-state index contributed by atoms with van der Waals surface area (Å²) in [5, 5.41) is 0. The minimum atomic E-state index is -3.80. The van der Waals surface area contributed by atoms with Gasteiger partial charge >= 0.3 is 0 Å². The van der Waals surface area contributed by atoms with E-state index in [1.54, 1.807) is 36.4 Å². The van der Waals surface area contributed by atoms with Gasteiger partial charge in [-0.2, -0.15) is 4.98 Å². The lowest BCUT2D eigenvalue weighted by atomic mass is 9.92. The number of hydrogen-bond donors (Lipinski definition) is 1. The highest BCUT2D eigenvalue weighted by atomic mass is 32.2. The predicted octanol–water partition coefficient (Wildman–Crippen LogP) is 4.37. The Bertz CT molecular complexity index is 1020. The number of sulfonamides is 1. The van der Waals surface area contributed by atoms with Crippen molar-refractivity contribution in [3.05, 3.63) is 72.4 Å². The van der Waals surface area contributed by atoms with Gasteiger partial charge in [-0.3, -0.25) is 0 Å². The third-order valence-corrected chi connectivity index (χ3v) is 5.06. The van der Waals surface area contributed by atoms with Crippen molar-refractivity contribution in [1.82, 2.24) is 9.97 Å². The van der Waals surface area contributed by atoms with Gasteiger partial charge in [0.05, 0.1) is 10.6 Å². The van der Waals surface area contributed by atoms with E-state index < -0.39 is 10.0 Å². The molecule has 3 rings (SSSR count). The van der Waals surface area contributed by atoms with Crippen LogP contribution in [0.3, 0.4) is 0 Å². The molecule has 0 saturated carbocycles. The SMILES string of the molecule is CC(C)(C)c1cc(Oc2ccccc2)nc(NS(=O)(=O)c2ccccc2)n1. The zero-order valence-corrected chi connectivity index (χ0v) is 16.2. The largest absolute Gasteiger partial charge is 0.439 e. The molecule has 2 aromatic carbocycles. The maximum absolute atomic E-state index is 12.6. The number of ether oxygens (including phenoxy) is 1. The molecule has 140 valence electrons. The summed E-state index contributed by atoms with van der Waals surface area (Å²) >= 11 is 0.